The number of benzene rings is 2. The first-order valence-electron chi connectivity index (χ1n) is 6.19. The van der Waals surface area contributed by atoms with E-state index in [1.54, 1.807) is 18.0 Å². The fraction of sp³-hybridized carbons (Fsp3) is 0.0667. The third-order valence-corrected chi connectivity index (χ3v) is 3.00. The Morgan fingerprint density at radius 2 is 1.90 bits per heavy atom. The van der Waals surface area contributed by atoms with Crippen LogP contribution in [0.1, 0.15) is 5.56 Å². The Balaban J connectivity index is 1.95. The molecule has 0 bridgehead atoms. The Hall–Kier alpha value is -2.82. The van der Waals surface area contributed by atoms with Crippen molar-refractivity contribution in [2.45, 2.75) is 0 Å². The number of nitrogen functional groups attached to an aromatic ring is 1. The van der Waals surface area contributed by atoms with Gasteiger partial charge in [-0.2, -0.15) is 9.78 Å². The van der Waals surface area contributed by atoms with Crippen LogP contribution in [0.25, 0.3) is 11.0 Å². The van der Waals surface area contributed by atoms with E-state index in [0.717, 1.165) is 22.3 Å². The number of para-hydroxylation sites is 2. The van der Waals surface area contributed by atoms with Crippen LogP contribution in [0.2, 0.25) is 0 Å². The van der Waals surface area contributed by atoms with Gasteiger partial charge in [0.1, 0.15) is 5.75 Å². The molecule has 0 radical (unpaired) electrons. The Morgan fingerprint density at radius 3 is 2.65 bits per heavy atom. The molecule has 0 spiro atoms. The Labute approximate surface area is 116 Å². The van der Waals surface area contributed by atoms with E-state index in [0.29, 0.717) is 5.95 Å². The van der Waals surface area contributed by atoms with Crippen molar-refractivity contribution in [3.8, 4) is 5.75 Å². The lowest BCUT2D eigenvalue weighted by atomic mass is 10.2. The number of rotatable bonds is 3. The lowest BCUT2D eigenvalue weighted by Gasteiger charge is -2.00. The van der Waals surface area contributed by atoms with Gasteiger partial charge in [0.25, 0.3) is 0 Å². The first-order chi connectivity index (χ1) is 9.78. The average Bonchev–Trinajstić information content (AvgIpc) is 2.81. The second kappa shape index (κ2) is 5.05. The number of methoxy groups -OCH3 is 1. The van der Waals surface area contributed by atoms with Crippen molar-refractivity contribution in [2.75, 3.05) is 12.8 Å². The molecule has 5 heteroatoms. The van der Waals surface area contributed by atoms with Crippen LogP contribution in [0.3, 0.4) is 0 Å². The maximum atomic E-state index is 5.88. The Kier molecular flexibility index (Phi) is 3.09. The molecule has 2 aromatic carbocycles. The summed E-state index contributed by atoms with van der Waals surface area (Å²) < 4.78 is 6.74. The van der Waals surface area contributed by atoms with E-state index in [4.69, 9.17) is 10.5 Å². The van der Waals surface area contributed by atoms with E-state index in [9.17, 15) is 0 Å². The van der Waals surface area contributed by atoms with E-state index in [-0.39, 0.29) is 0 Å². The summed E-state index contributed by atoms with van der Waals surface area (Å²) in [5, 5.41) is 4.38. The van der Waals surface area contributed by atoms with Gasteiger partial charge in [0.2, 0.25) is 5.95 Å². The van der Waals surface area contributed by atoms with Crippen molar-refractivity contribution in [1.82, 2.24) is 9.66 Å². The lowest BCUT2D eigenvalue weighted by molar-refractivity contribution is 0.415. The van der Waals surface area contributed by atoms with Gasteiger partial charge in [-0.25, -0.2) is 4.98 Å². The zero-order chi connectivity index (χ0) is 13.9. The van der Waals surface area contributed by atoms with Gasteiger partial charge in [0.15, 0.2) is 0 Å². The Bertz CT molecular complexity index is 759. The third-order valence-electron chi connectivity index (χ3n) is 3.00. The van der Waals surface area contributed by atoms with Crippen molar-refractivity contribution >= 4 is 23.2 Å². The second-order valence-corrected chi connectivity index (χ2v) is 4.29. The molecule has 0 amide bonds. The molecule has 1 aromatic heterocycles. The lowest BCUT2D eigenvalue weighted by Crippen LogP contribution is -1.97. The molecule has 0 aliphatic carbocycles. The number of hydrogen-bond acceptors (Lipinski definition) is 4. The van der Waals surface area contributed by atoms with Crippen LogP contribution in [0.4, 0.5) is 5.95 Å². The second-order valence-electron chi connectivity index (χ2n) is 4.29. The summed E-state index contributed by atoms with van der Waals surface area (Å²) in [6, 6.07) is 15.3. The SMILES string of the molecule is COc1ccc(/C=N/n2c(N)nc3ccccc32)cc1. The predicted octanol–water partition coefficient (Wildman–Crippen LogP) is 2.51. The number of anilines is 1. The highest BCUT2D eigenvalue weighted by atomic mass is 16.5. The zero-order valence-corrected chi connectivity index (χ0v) is 11.0. The summed E-state index contributed by atoms with van der Waals surface area (Å²) in [7, 11) is 1.64. The van der Waals surface area contributed by atoms with E-state index in [2.05, 4.69) is 10.1 Å². The number of nitrogens with zero attached hydrogens (tertiary/aromatic N) is 3. The van der Waals surface area contributed by atoms with Crippen LogP contribution in [-0.4, -0.2) is 23.0 Å². The molecular weight excluding hydrogens is 252 g/mol. The molecule has 3 aromatic rings. The summed E-state index contributed by atoms with van der Waals surface area (Å²) in [4.78, 5) is 4.26. The quantitative estimate of drug-likeness (QED) is 0.741. The average molecular weight is 266 g/mol. The number of hydrogen-bond donors (Lipinski definition) is 1. The van der Waals surface area contributed by atoms with Gasteiger partial charge in [-0.05, 0) is 42.0 Å². The summed E-state index contributed by atoms with van der Waals surface area (Å²) in [5.41, 5.74) is 8.56. The van der Waals surface area contributed by atoms with Crippen LogP contribution in [0.5, 0.6) is 5.75 Å². The minimum atomic E-state index is 0.371. The van der Waals surface area contributed by atoms with Gasteiger partial charge in [-0.15, -0.1) is 0 Å². The smallest absolute Gasteiger partial charge is 0.222 e. The van der Waals surface area contributed by atoms with Gasteiger partial charge in [-0.3, -0.25) is 0 Å². The molecule has 2 N–H and O–H groups in total. The van der Waals surface area contributed by atoms with Gasteiger partial charge in [0.05, 0.1) is 24.4 Å². The molecule has 0 aliphatic rings. The summed E-state index contributed by atoms with van der Waals surface area (Å²) in [6.45, 7) is 0. The minimum absolute atomic E-state index is 0.371. The van der Waals surface area contributed by atoms with Crippen LogP contribution < -0.4 is 10.5 Å². The van der Waals surface area contributed by atoms with Crippen molar-refractivity contribution in [3.05, 3.63) is 54.1 Å². The van der Waals surface area contributed by atoms with Crippen LogP contribution >= 0.6 is 0 Å². The highest BCUT2D eigenvalue weighted by Gasteiger charge is 2.05. The predicted molar refractivity (Wildman–Crippen MR) is 80.1 cm³/mol. The third kappa shape index (κ3) is 2.21. The molecule has 100 valence electrons. The van der Waals surface area contributed by atoms with Gasteiger partial charge in [0, 0.05) is 0 Å². The fourth-order valence-electron chi connectivity index (χ4n) is 1.97. The monoisotopic (exact) mass is 266 g/mol. The van der Waals surface area contributed by atoms with E-state index >= 15 is 0 Å². The zero-order valence-electron chi connectivity index (χ0n) is 11.0. The van der Waals surface area contributed by atoms with Gasteiger partial charge >= 0.3 is 0 Å². The molecule has 0 atom stereocenters. The maximum absolute atomic E-state index is 5.88. The van der Waals surface area contributed by atoms with Crippen LogP contribution in [0, 0.1) is 0 Å². The topological polar surface area (TPSA) is 65.4 Å². The largest absolute Gasteiger partial charge is 0.497 e. The first kappa shape index (κ1) is 12.2. The van der Waals surface area contributed by atoms with Crippen molar-refractivity contribution in [3.63, 3.8) is 0 Å². The standard InChI is InChI=1S/C15H14N4O/c1-20-12-8-6-11(7-9-12)10-17-19-14-5-3-2-4-13(14)18-15(19)16/h2-10H,1H3,(H2,16,18)/b17-10+. The summed E-state index contributed by atoms with van der Waals surface area (Å²) in [6.07, 6.45) is 1.74. The first-order valence-corrected chi connectivity index (χ1v) is 6.19. The fourth-order valence-corrected chi connectivity index (χ4v) is 1.97. The van der Waals surface area contributed by atoms with E-state index < -0.39 is 0 Å². The minimum Gasteiger partial charge on any atom is -0.497 e. The highest BCUT2D eigenvalue weighted by Crippen LogP contribution is 2.17. The molecule has 1 heterocycles. The number of fused-ring (bicyclic) bond motifs is 1. The molecule has 0 saturated carbocycles. The molecule has 20 heavy (non-hydrogen) atoms. The van der Waals surface area contributed by atoms with Gasteiger partial charge < -0.3 is 10.5 Å². The summed E-state index contributed by atoms with van der Waals surface area (Å²) in [5.74, 6) is 1.19. The number of nitrogens with two attached hydrogens (primary N) is 1. The van der Waals surface area contributed by atoms with Crippen molar-refractivity contribution in [2.24, 2.45) is 5.10 Å². The molecule has 3 rings (SSSR count). The van der Waals surface area contributed by atoms with Crippen molar-refractivity contribution < 1.29 is 4.74 Å². The maximum Gasteiger partial charge on any atom is 0.222 e. The summed E-state index contributed by atoms with van der Waals surface area (Å²) >= 11 is 0. The molecular formula is C15H14N4O. The van der Waals surface area contributed by atoms with E-state index in [1.807, 2.05) is 48.5 Å². The van der Waals surface area contributed by atoms with Gasteiger partial charge in [-0.1, -0.05) is 12.1 Å². The molecule has 0 fully saturated rings. The van der Waals surface area contributed by atoms with Crippen LogP contribution in [-0.2, 0) is 0 Å². The highest BCUT2D eigenvalue weighted by molar-refractivity contribution is 5.82. The molecule has 0 unspecified atom stereocenters. The number of ether oxygens (including phenoxy) is 1. The van der Waals surface area contributed by atoms with E-state index in [1.165, 1.54) is 0 Å². The normalized spacial score (nSPS) is 11.2. The number of imidazole rings is 1. The molecule has 5 nitrogen and oxygen atoms in total. The van der Waals surface area contributed by atoms with Crippen LogP contribution in [0.15, 0.2) is 53.6 Å². The van der Waals surface area contributed by atoms with Crippen molar-refractivity contribution in [1.29, 1.82) is 0 Å². The Morgan fingerprint density at radius 1 is 1.15 bits per heavy atom. The molecule has 0 saturated heterocycles. The molecule has 0 aliphatic heterocycles. The number of aromatic nitrogens is 2.